The average molecular weight is 297 g/mol. The summed E-state index contributed by atoms with van der Waals surface area (Å²) in [5.41, 5.74) is -0.404. The minimum Gasteiger partial charge on any atom is -0.444 e. The molecule has 0 aliphatic carbocycles. The molecular weight excluding hydrogens is 266 g/mol. The number of carbonyl (C=O) groups excluding carboxylic acids is 1. The number of amides is 1. The SMILES string of the molecule is CN(C)CCNCC1CC2CCC1N2C(=O)OC(C)(C)C. The van der Waals surface area contributed by atoms with Gasteiger partial charge in [0.25, 0.3) is 0 Å². The molecule has 122 valence electrons. The second kappa shape index (κ2) is 6.53. The molecule has 2 rings (SSSR count). The van der Waals surface area contributed by atoms with Crippen molar-refractivity contribution in [2.24, 2.45) is 5.92 Å². The Morgan fingerprint density at radius 1 is 1.33 bits per heavy atom. The third-order valence-corrected chi connectivity index (χ3v) is 4.41. The number of ether oxygens (including phenoxy) is 1. The topological polar surface area (TPSA) is 44.8 Å². The highest BCUT2D eigenvalue weighted by Crippen LogP contribution is 2.42. The Morgan fingerprint density at radius 3 is 2.67 bits per heavy atom. The van der Waals surface area contributed by atoms with Crippen LogP contribution in [0.15, 0.2) is 0 Å². The molecule has 2 aliphatic heterocycles. The van der Waals surface area contributed by atoms with Gasteiger partial charge in [0.1, 0.15) is 5.60 Å². The normalized spacial score (nSPS) is 28.5. The van der Waals surface area contributed by atoms with E-state index in [1.54, 1.807) is 0 Å². The number of likely N-dealkylation sites (N-methyl/N-ethyl adjacent to an activating group) is 1. The van der Waals surface area contributed by atoms with Crippen molar-refractivity contribution in [3.8, 4) is 0 Å². The maximum Gasteiger partial charge on any atom is 0.410 e. The maximum atomic E-state index is 12.4. The third kappa shape index (κ3) is 4.33. The van der Waals surface area contributed by atoms with Crippen molar-refractivity contribution in [1.29, 1.82) is 0 Å². The van der Waals surface area contributed by atoms with Crippen LogP contribution in [0, 0.1) is 5.92 Å². The lowest BCUT2D eigenvalue weighted by Crippen LogP contribution is -2.42. The predicted octanol–water partition coefficient (Wildman–Crippen LogP) is 1.93. The van der Waals surface area contributed by atoms with E-state index >= 15 is 0 Å². The molecule has 5 nitrogen and oxygen atoms in total. The van der Waals surface area contributed by atoms with Crippen LogP contribution in [0.5, 0.6) is 0 Å². The smallest absolute Gasteiger partial charge is 0.410 e. The second-order valence-corrected chi connectivity index (χ2v) is 7.69. The van der Waals surface area contributed by atoms with Gasteiger partial charge in [-0.15, -0.1) is 0 Å². The molecule has 3 unspecified atom stereocenters. The quantitative estimate of drug-likeness (QED) is 0.788. The standard InChI is InChI=1S/C16H31N3O2/c1-16(2,3)21-15(20)19-13-6-7-14(19)12(10-13)11-17-8-9-18(4)5/h12-14,17H,6-11H2,1-5H3. The van der Waals surface area contributed by atoms with E-state index in [0.29, 0.717) is 18.0 Å². The minimum atomic E-state index is -0.404. The van der Waals surface area contributed by atoms with Crippen molar-refractivity contribution in [2.75, 3.05) is 33.7 Å². The molecule has 1 amide bonds. The summed E-state index contributed by atoms with van der Waals surface area (Å²) in [6, 6.07) is 0.766. The molecule has 2 aliphatic rings. The zero-order chi connectivity index (χ0) is 15.6. The molecule has 2 heterocycles. The maximum absolute atomic E-state index is 12.4. The molecular formula is C16H31N3O2. The van der Waals surface area contributed by atoms with Crippen molar-refractivity contribution in [3.63, 3.8) is 0 Å². The van der Waals surface area contributed by atoms with Crippen molar-refractivity contribution in [3.05, 3.63) is 0 Å². The van der Waals surface area contributed by atoms with Crippen LogP contribution in [0.4, 0.5) is 4.79 Å². The van der Waals surface area contributed by atoms with Crippen LogP contribution in [-0.2, 0) is 4.74 Å². The highest BCUT2D eigenvalue weighted by molar-refractivity contribution is 5.70. The van der Waals surface area contributed by atoms with E-state index in [9.17, 15) is 4.79 Å². The van der Waals surface area contributed by atoms with Gasteiger partial charge in [0.2, 0.25) is 0 Å². The Bertz CT molecular complexity index is 365. The van der Waals surface area contributed by atoms with Gasteiger partial charge in [-0.1, -0.05) is 0 Å². The first-order chi connectivity index (χ1) is 9.78. The van der Waals surface area contributed by atoms with E-state index in [2.05, 4.69) is 24.3 Å². The minimum absolute atomic E-state index is 0.120. The Morgan fingerprint density at radius 2 is 2.05 bits per heavy atom. The Hall–Kier alpha value is -0.810. The Balaban J connectivity index is 1.82. The molecule has 0 saturated carbocycles. The van der Waals surface area contributed by atoms with Gasteiger partial charge in [-0.25, -0.2) is 4.79 Å². The predicted molar refractivity (Wildman–Crippen MR) is 84.4 cm³/mol. The third-order valence-electron chi connectivity index (χ3n) is 4.41. The lowest BCUT2D eigenvalue weighted by atomic mass is 9.89. The Kier molecular flexibility index (Phi) is 5.15. The van der Waals surface area contributed by atoms with Crippen LogP contribution in [-0.4, -0.2) is 67.3 Å². The van der Waals surface area contributed by atoms with Crippen LogP contribution in [0.1, 0.15) is 40.0 Å². The van der Waals surface area contributed by atoms with Crippen LogP contribution in [0.25, 0.3) is 0 Å². The summed E-state index contributed by atoms with van der Waals surface area (Å²) in [6.07, 6.45) is 3.27. The summed E-state index contributed by atoms with van der Waals surface area (Å²) in [7, 11) is 4.17. The highest BCUT2D eigenvalue weighted by Gasteiger charge is 2.49. The molecule has 0 spiro atoms. The molecule has 2 fully saturated rings. The van der Waals surface area contributed by atoms with E-state index < -0.39 is 5.60 Å². The van der Waals surface area contributed by atoms with Crippen molar-refractivity contribution in [1.82, 2.24) is 15.1 Å². The zero-order valence-corrected chi connectivity index (χ0v) is 14.2. The zero-order valence-electron chi connectivity index (χ0n) is 14.2. The van der Waals surface area contributed by atoms with Gasteiger partial charge in [-0.2, -0.15) is 0 Å². The lowest BCUT2D eigenvalue weighted by Gasteiger charge is -2.28. The summed E-state index contributed by atoms with van der Waals surface area (Å²) in [6.45, 7) is 8.87. The first-order valence-electron chi connectivity index (χ1n) is 8.14. The Labute approximate surface area is 129 Å². The van der Waals surface area contributed by atoms with Crippen molar-refractivity contribution < 1.29 is 9.53 Å². The number of rotatable bonds is 5. The van der Waals surface area contributed by atoms with Crippen molar-refractivity contribution >= 4 is 6.09 Å². The van der Waals surface area contributed by atoms with E-state index in [1.807, 2.05) is 25.7 Å². The molecule has 0 aromatic rings. The number of hydrogen-bond donors (Lipinski definition) is 1. The van der Waals surface area contributed by atoms with Gasteiger partial charge < -0.3 is 19.9 Å². The number of nitrogens with one attached hydrogen (secondary N) is 1. The van der Waals surface area contributed by atoms with Crippen molar-refractivity contribution in [2.45, 2.75) is 57.7 Å². The first-order valence-corrected chi connectivity index (χ1v) is 8.14. The molecule has 2 bridgehead atoms. The summed E-state index contributed by atoms with van der Waals surface area (Å²) in [5.74, 6) is 0.582. The van der Waals surface area contributed by atoms with Gasteiger partial charge in [-0.3, -0.25) is 0 Å². The summed E-state index contributed by atoms with van der Waals surface area (Å²) < 4.78 is 5.57. The molecule has 0 aromatic carbocycles. The van der Waals surface area contributed by atoms with Gasteiger partial charge in [0.05, 0.1) is 0 Å². The number of fused-ring (bicyclic) bond motifs is 2. The van der Waals surface area contributed by atoms with Crippen LogP contribution in [0.2, 0.25) is 0 Å². The molecule has 3 atom stereocenters. The molecule has 5 heteroatoms. The number of nitrogens with zero attached hydrogens (tertiary/aromatic N) is 2. The van der Waals surface area contributed by atoms with Crippen LogP contribution >= 0.6 is 0 Å². The molecule has 2 saturated heterocycles. The lowest BCUT2D eigenvalue weighted by molar-refractivity contribution is 0.0205. The molecule has 1 N–H and O–H groups in total. The average Bonchev–Trinajstić information content (AvgIpc) is 2.89. The molecule has 21 heavy (non-hydrogen) atoms. The van der Waals surface area contributed by atoms with Crippen LogP contribution in [0.3, 0.4) is 0 Å². The van der Waals surface area contributed by atoms with Gasteiger partial charge in [0, 0.05) is 31.7 Å². The van der Waals surface area contributed by atoms with E-state index in [4.69, 9.17) is 4.74 Å². The highest BCUT2D eigenvalue weighted by atomic mass is 16.6. The van der Waals surface area contributed by atoms with Gasteiger partial charge in [0.15, 0.2) is 0 Å². The molecule has 0 aromatic heterocycles. The van der Waals surface area contributed by atoms with E-state index in [-0.39, 0.29) is 6.09 Å². The fourth-order valence-corrected chi connectivity index (χ4v) is 3.52. The van der Waals surface area contributed by atoms with Crippen LogP contribution < -0.4 is 5.32 Å². The summed E-state index contributed by atoms with van der Waals surface area (Å²) >= 11 is 0. The number of carbonyl (C=O) groups is 1. The van der Waals surface area contributed by atoms with Gasteiger partial charge in [-0.05, 0) is 60.0 Å². The fourth-order valence-electron chi connectivity index (χ4n) is 3.52. The first kappa shape index (κ1) is 16.6. The van der Waals surface area contributed by atoms with E-state index in [1.165, 1.54) is 0 Å². The molecule has 0 radical (unpaired) electrons. The second-order valence-electron chi connectivity index (χ2n) is 7.69. The fraction of sp³-hybridized carbons (Fsp3) is 0.938. The van der Waals surface area contributed by atoms with E-state index in [0.717, 1.165) is 38.9 Å². The monoisotopic (exact) mass is 297 g/mol. The summed E-state index contributed by atoms with van der Waals surface area (Å²) in [5, 5.41) is 3.53. The van der Waals surface area contributed by atoms with Gasteiger partial charge >= 0.3 is 6.09 Å². The number of hydrogen-bond acceptors (Lipinski definition) is 4. The summed E-state index contributed by atoms with van der Waals surface area (Å²) in [4.78, 5) is 16.6. The largest absolute Gasteiger partial charge is 0.444 e.